The summed E-state index contributed by atoms with van der Waals surface area (Å²) in [6, 6.07) is 0. The summed E-state index contributed by atoms with van der Waals surface area (Å²) in [5.74, 6) is 1.73. The number of H-pyrrole nitrogens is 1. The molecule has 1 saturated carbocycles. The van der Waals surface area contributed by atoms with E-state index in [-0.39, 0.29) is 0 Å². The molecule has 1 aliphatic carbocycles. The van der Waals surface area contributed by atoms with Crippen LogP contribution in [0.25, 0.3) is 16.9 Å². The molecule has 0 amide bonds. The number of aromatic nitrogens is 6. The van der Waals surface area contributed by atoms with Gasteiger partial charge in [0.2, 0.25) is 0 Å². The molecule has 3 aromatic rings. The van der Waals surface area contributed by atoms with Crippen molar-refractivity contribution in [3.63, 3.8) is 0 Å². The number of anilines is 1. The summed E-state index contributed by atoms with van der Waals surface area (Å²) in [4.78, 5) is 8.30. The summed E-state index contributed by atoms with van der Waals surface area (Å²) in [6.07, 6.45) is 7.25. The van der Waals surface area contributed by atoms with Crippen LogP contribution in [0.15, 0.2) is 18.6 Å². The number of aromatic amines is 1. The Morgan fingerprint density at radius 1 is 1.33 bits per heavy atom. The number of rotatable bonds is 2. The van der Waals surface area contributed by atoms with Crippen LogP contribution in [-0.4, -0.2) is 29.9 Å². The molecule has 0 unspecified atom stereocenters. The zero-order chi connectivity index (χ0) is 12.1. The average Bonchev–Trinajstić information content (AvgIpc) is 3.07. The maximum Gasteiger partial charge on any atom is 0.188 e. The van der Waals surface area contributed by atoms with E-state index < -0.39 is 0 Å². The fourth-order valence-corrected chi connectivity index (χ4v) is 2.16. The van der Waals surface area contributed by atoms with Crippen LogP contribution in [0, 0.1) is 0 Å². The molecule has 7 nitrogen and oxygen atoms in total. The molecule has 0 radical (unpaired) electrons. The minimum atomic E-state index is 0.505. The molecule has 0 spiro atoms. The first-order valence-corrected chi connectivity index (χ1v) is 5.83. The summed E-state index contributed by atoms with van der Waals surface area (Å²) in [5.41, 5.74) is 7.66. The van der Waals surface area contributed by atoms with Gasteiger partial charge in [-0.2, -0.15) is 14.9 Å². The molecule has 1 aliphatic rings. The molecule has 18 heavy (non-hydrogen) atoms. The van der Waals surface area contributed by atoms with Crippen molar-refractivity contribution in [2.24, 2.45) is 0 Å². The van der Waals surface area contributed by atoms with E-state index in [0.717, 1.165) is 29.6 Å². The van der Waals surface area contributed by atoms with E-state index in [1.54, 1.807) is 23.3 Å². The lowest BCUT2D eigenvalue weighted by molar-refractivity contribution is 0.811. The summed E-state index contributed by atoms with van der Waals surface area (Å²) in [5, 5.41) is 12.5. The third-order valence-electron chi connectivity index (χ3n) is 3.17. The van der Waals surface area contributed by atoms with Crippen LogP contribution in [0.2, 0.25) is 0 Å². The lowest BCUT2D eigenvalue weighted by atomic mass is 10.2. The van der Waals surface area contributed by atoms with E-state index >= 15 is 0 Å². The maximum absolute atomic E-state index is 5.93. The quantitative estimate of drug-likeness (QED) is 0.697. The fraction of sp³-hybridized carbons (Fsp3) is 0.273. The van der Waals surface area contributed by atoms with Gasteiger partial charge in [-0.05, 0) is 12.8 Å². The smallest absolute Gasteiger partial charge is 0.188 e. The van der Waals surface area contributed by atoms with Crippen LogP contribution in [0.3, 0.4) is 0 Å². The Morgan fingerprint density at radius 3 is 2.94 bits per heavy atom. The lowest BCUT2D eigenvalue weighted by Crippen LogP contribution is -2.01. The van der Waals surface area contributed by atoms with Crippen LogP contribution in [0.4, 0.5) is 5.82 Å². The molecule has 0 bridgehead atoms. The van der Waals surface area contributed by atoms with Gasteiger partial charge in [0.25, 0.3) is 0 Å². The SMILES string of the molecule is Nc1[nH]nc2c1c(C1CC1)nn2-c1cnccn1. The summed E-state index contributed by atoms with van der Waals surface area (Å²) < 4.78 is 1.70. The van der Waals surface area contributed by atoms with E-state index in [9.17, 15) is 0 Å². The predicted octanol–water partition coefficient (Wildman–Crippen LogP) is 0.998. The third kappa shape index (κ3) is 1.24. The Balaban J connectivity index is 2.01. The molecular weight excluding hydrogens is 230 g/mol. The maximum atomic E-state index is 5.93. The molecule has 7 heteroatoms. The van der Waals surface area contributed by atoms with Gasteiger partial charge in [-0.15, -0.1) is 0 Å². The zero-order valence-corrected chi connectivity index (χ0v) is 9.54. The van der Waals surface area contributed by atoms with E-state index in [2.05, 4.69) is 25.3 Å². The molecule has 4 rings (SSSR count). The van der Waals surface area contributed by atoms with E-state index in [0.29, 0.717) is 17.6 Å². The molecule has 0 aliphatic heterocycles. The Labute approximate surface area is 102 Å². The van der Waals surface area contributed by atoms with Crippen molar-refractivity contribution in [1.82, 2.24) is 29.9 Å². The van der Waals surface area contributed by atoms with E-state index in [1.165, 1.54) is 0 Å². The highest BCUT2D eigenvalue weighted by molar-refractivity contribution is 5.90. The van der Waals surface area contributed by atoms with Crippen molar-refractivity contribution in [2.75, 3.05) is 5.73 Å². The Bertz CT molecular complexity index is 708. The van der Waals surface area contributed by atoms with Crippen LogP contribution >= 0.6 is 0 Å². The van der Waals surface area contributed by atoms with Gasteiger partial charge in [0.1, 0.15) is 5.82 Å². The molecule has 0 saturated heterocycles. The van der Waals surface area contributed by atoms with Crippen LogP contribution < -0.4 is 5.73 Å². The monoisotopic (exact) mass is 241 g/mol. The molecule has 3 heterocycles. The number of nitrogens with zero attached hydrogens (tertiary/aromatic N) is 5. The Kier molecular flexibility index (Phi) is 1.75. The van der Waals surface area contributed by atoms with Gasteiger partial charge >= 0.3 is 0 Å². The number of nitrogens with two attached hydrogens (primary N) is 1. The van der Waals surface area contributed by atoms with Crippen molar-refractivity contribution in [3.05, 3.63) is 24.3 Å². The standard InChI is InChI=1S/C11H11N7/c12-10-8-9(6-1-2-6)17-18(11(8)16-15-10)7-5-13-3-4-14-7/h3-6H,1-2H2,(H3,12,15,16). The van der Waals surface area contributed by atoms with Gasteiger partial charge in [-0.25, -0.2) is 4.98 Å². The van der Waals surface area contributed by atoms with Crippen molar-refractivity contribution >= 4 is 16.9 Å². The summed E-state index contributed by atoms with van der Waals surface area (Å²) >= 11 is 0. The zero-order valence-electron chi connectivity index (χ0n) is 9.54. The fourth-order valence-electron chi connectivity index (χ4n) is 2.16. The van der Waals surface area contributed by atoms with Crippen LogP contribution in [-0.2, 0) is 0 Å². The van der Waals surface area contributed by atoms with Crippen molar-refractivity contribution in [3.8, 4) is 5.82 Å². The highest BCUT2D eigenvalue weighted by Crippen LogP contribution is 2.43. The molecular formula is C11H11N7. The average molecular weight is 241 g/mol. The first-order chi connectivity index (χ1) is 8.84. The van der Waals surface area contributed by atoms with Crippen molar-refractivity contribution in [1.29, 1.82) is 0 Å². The van der Waals surface area contributed by atoms with E-state index in [4.69, 9.17) is 5.73 Å². The first-order valence-electron chi connectivity index (χ1n) is 5.83. The Morgan fingerprint density at radius 2 is 2.22 bits per heavy atom. The predicted molar refractivity (Wildman–Crippen MR) is 65.2 cm³/mol. The minimum absolute atomic E-state index is 0.505. The molecule has 1 fully saturated rings. The van der Waals surface area contributed by atoms with Gasteiger partial charge in [-0.3, -0.25) is 10.1 Å². The van der Waals surface area contributed by atoms with Crippen molar-refractivity contribution in [2.45, 2.75) is 18.8 Å². The normalized spacial score (nSPS) is 15.3. The number of hydrogen-bond donors (Lipinski definition) is 2. The first kappa shape index (κ1) is 9.58. The third-order valence-corrected chi connectivity index (χ3v) is 3.17. The van der Waals surface area contributed by atoms with Crippen molar-refractivity contribution < 1.29 is 0 Å². The number of nitrogens with one attached hydrogen (secondary N) is 1. The van der Waals surface area contributed by atoms with Gasteiger partial charge in [0.15, 0.2) is 11.5 Å². The second-order valence-corrected chi connectivity index (χ2v) is 4.47. The topological polar surface area (TPSA) is 98.3 Å². The molecule has 0 aromatic carbocycles. The highest BCUT2D eigenvalue weighted by atomic mass is 15.4. The molecule has 90 valence electrons. The number of nitrogen functional groups attached to an aromatic ring is 1. The largest absolute Gasteiger partial charge is 0.383 e. The minimum Gasteiger partial charge on any atom is -0.383 e. The Hall–Kier alpha value is -2.44. The molecule has 3 N–H and O–H groups in total. The number of fused-ring (bicyclic) bond motifs is 1. The molecule has 3 aromatic heterocycles. The van der Waals surface area contributed by atoms with Crippen LogP contribution in [0.1, 0.15) is 24.5 Å². The summed E-state index contributed by atoms with van der Waals surface area (Å²) in [6.45, 7) is 0. The number of hydrogen-bond acceptors (Lipinski definition) is 5. The lowest BCUT2D eigenvalue weighted by Gasteiger charge is -1.98. The van der Waals surface area contributed by atoms with Gasteiger partial charge in [0.05, 0.1) is 17.3 Å². The summed E-state index contributed by atoms with van der Waals surface area (Å²) in [7, 11) is 0. The van der Waals surface area contributed by atoms with E-state index in [1.807, 2.05) is 0 Å². The highest BCUT2D eigenvalue weighted by Gasteiger charge is 2.31. The van der Waals surface area contributed by atoms with Gasteiger partial charge in [-0.1, -0.05) is 0 Å². The molecule has 0 atom stereocenters. The van der Waals surface area contributed by atoms with Crippen LogP contribution in [0.5, 0.6) is 0 Å². The second-order valence-electron chi connectivity index (χ2n) is 4.47. The van der Waals surface area contributed by atoms with Gasteiger partial charge in [0, 0.05) is 18.3 Å². The van der Waals surface area contributed by atoms with Gasteiger partial charge < -0.3 is 5.73 Å². The second kappa shape index (κ2) is 3.28.